The van der Waals surface area contributed by atoms with Crippen molar-refractivity contribution in [3.63, 3.8) is 0 Å². The number of H-pyrrole nitrogens is 1. The topological polar surface area (TPSA) is 37.5 Å². The first-order valence-electron chi connectivity index (χ1n) is 9.63. The van der Waals surface area contributed by atoms with Gasteiger partial charge >= 0.3 is 0 Å². The first kappa shape index (κ1) is 16.9. The number of hydrogen-bond acceptors (Lipinski definition) is 3. The van der Waals surface area contributed by atoms with Crippen LogP contribution in [0.15, 0.2) is 79.0 Å². The molecule has 0 atom stereocenters. The second-order valence-electron chi connectivity index (χ2n) is 7.08. The highest BCUT2D eigenvalue weighted by molar-refractivity contribution is 5.89. The lowest BCUT2D eigenvalue weighted by Crippen LogP contribution is -2.23. The van der Waals surface area contributed by atoms with Gasteiger partial charge in [0.2, 0.25) is 0 Å². The molecule has 1 aliphatic heterocycles. The lowest BCUT2D eigenvalue weighted by atomic mass is 10.1. The molecule has 4 heteroatoms. The van der Waals surface area contributed by atoms with Crippen LogP contribution < -0.4 is 9.57 Å². The average Bonchev–Trinajstić information content (AvgIpc) is 3.35. The molecule has 4 aromatic rings. The van der Waals surface area contributed by atoms with Crippen molar-refractivity contribution in [1.82, 2.24) is 10.0 Å². The van der Waals surface area contributed by atoms with Crippen LogP contribution in [0, 0.1) is 0 Å². The molecule has 140 valence electrons. The maximum Gasteiger partial charge on any atom is 0.152 e. The minimum Gasteiger partial charge on any atom is -0.488 e. The first-order valence-corrected chi connectivity index (χ1v) is 9.63. The van der Waals surface area contributed by atoms with Gasteiger partial charge in [-0.2, -0.15) is 0 Å². The van der Waals surface area contributed by atoms with Crippen LogP contribution in [0.5, 0.6) is 11.5 Å². The third-order valence-electron chi connectivity index (χ3n) is 5.16. The van der Waals surface area contributed by atoms with Gasteiger partial charge in [-0.05, 0) is 35.7 Å². The van der Waals surface area contributed by atoms with E-state index in [1.54, 1.807) is 0 Å². The maximum absolute atomic E-state index is 6.16. The summed E-state index contributed by atoms with van der Waals surface area (Å²) >= 11 is 0. The van der Waals surface area contributed by atoms with E-state index in [1.165, 1.54) is 16.7 Å². The highest BCUT2D eigenvalue weighted by Crippen LogP contribution is 2.31. The standard InChI is InChI=1S/C24H22N2O2/c1-2-7-18(8-3-1)17-27-23-12-6-10-21-24(23)19(15-25-21)13-14-26-16-20-9-4-5-11-22(20)28-26/h1-12,15,25H,13-14,16-17H2. The van der Waals surface area contributed by atoms with Gasteiger partial charge in [0.25, 0.3) is 0 Å². The molecular formula is C24H22N2O2. The number of nitrogens with one attached hydrogen (secondary N) is 1. The van der Waals surface area contributed by atoms with Crippen molar-refractivity contribution < 1.29 is 9.57 Å². The number of ether oxygens (including phenoxy) is 1. The molecule has 0 radical (unpaired) electrons. The summed E-state index contributed by atoms with van der Waals surface area (Å²) in [5, 5.41) is 3.19. The summed E-state index contributed by atoms with van der Waals surface area (Å²) in [6.45, 7) is 2.22. The molecule has 2 heterocycles. The normalized spacial score (nSPS) is 13.4. The fraction of sp³-hybridized carbons (Fsp3) is 0.167. The van der Waals surface area contributed by atoms with E-state index in [2.05, 4.69) is 41.5 Å². The fourth-order valence-electron chi connectivity index (χ4n) is 3.73. The van der Waals surface area contributed by atoms with E-state index in [4.69, 9.17) is 9.57 Å². The highest BCUT2D eigenvalue weighted by atomic mass is 16.7. The van der Waals surface area contributed by atoms with Crippen molar-refractivity contribution in [3.05, 3.63) is 95.7 Å². The molecule has 0 saturated carbocycles. The molecule has 28 heavy (non-hydrogen) atoms. The van der Waals surface area contributed by atoms with Crippen molar-refractivity contribution in [2.45, 2.75) is 19.6 Å². The molecule has 1 N–H and O–H groups in total. The third kappa shape index (κ3) is 3.35. The molecule has 0 unspecified atom stereocenters. The van der Waals surface area contributed by atoms with E-state index in [9.17, 15) is 0 Å². The summed E-state index contributed by atoms with van der Waals surface area (Å²) in [6.07, 6.45) is 2.98. The molecule has 4 nitrogen and oxygen atoms in total. The van der Waals surface area contributed by atoms with Crippen molar-refractivity contribution in [3.8, 4) is 11.5 Å². The number of benzene rings is 3. The van der Waals surface area contributed by atoms with E-state index in [0.29, 0.717) is 6.61 Å². The molecule has 0 aliphatic carbocycles. The summed E-state index contributed by atoms with van der Waals surface area (Å²) in [7, 11) is 0. The largest absolute Gasteiger partial charge is 0.488 e. The Labute approximate surface area is 164 Å². The smallest absolute Gasteiger partial charge is 0.152 e. The van der Waals surface area contributed by atoms with Crippen LogP contribution in [0.25, 0.3) is 10.9 Å². The van der Waals surface area contributed by atoms with E-state index in [0.717, 1.165) is 41.9 Å². The molecular weight excluding hydrogens is 348 g/mol. The lowest BCUT2D eigenvalue weighted by Gasteiger charge is -2.14. The molecule has 3 aromatic carbocycles. The van der Waals surface area contributed by atoms with Gasteiger partial charge in [0.05, 0.1) is 6.54 Å². The molecule has 0 fully saturated rings. The number of aromatic nitrogens is 1. The van der Waals surface area contributed by atoms with Gasteiger partial charge in [-0.1, -0.05) is 54.6 Å². The minimum atomic E-state index is 0.565. The molecule has 1 aromatic heterocycles. The predicted molar refractivity (Wildman–Crippen MR) is 110 cm³/mol. The molecule has 0 saturated heterocycles. The highest BCUT2D eigenvalue weighted by Gasteiger charge is 2.20. The number of rotatable bonds is 6. The number of fused-ring (bicyclic) bond motifs is 2. The summed E-state index contributed by atoms with van der Waals surface area (Å²) < 4.78 is 6.16. The molecule has 0 amide bonds. The maximum atomic E-state index is 6.16. The van der Waals surface area contributed by atoms with Gasteiger partial charge < -0.3 is 14.6 Å². The number of nitrogens with zero attached hydrogens (tertiary/aromatic N) is 1. The number of para-hydroxylation sites is 1. The molecule has 0 bridgehead atoms. The van der Waals surface area contributed by atoms with Gasteiger partial charge in [-0.25, -0.2) is 0 Å². The van der Waals surface area contributed by atoms with E-state index >= 15 is 0 Å². The van der Waals surface area contributed by atoms with Crippen molar-refractivity contribution in [1.29, 1.82) is 0 Å². The monoisotopic (exact) mass is 370 g/mol. The van der Waals surface area contributed by atoms with Crippen molar-refractivity contribution in [2.24, 2.45) is 0 Å². The van der Waals surface area contributed by atoms with Crippen LogP contribution in [-0.4, -0.2) is 16.6 Å². The van der Waals surface area contributed by atoms with Crippen LogP contribution in [0.2, 0.25) is 0 Å². The van der Waals surface area contributed by atoms with E-state index in [-0.39, 0.29) is 0 Å². The molecule has 1 aliphatic rings. The second kappa shape index (κ2) is 7.41. The van der Waals surface area contributed by atoms with Gasteiger partial charge in [0, 0.05) is 29.2 Å². The Morgan fingerprint density at radius 3 is 2.68 bits per heavy atom. The van der Waals surface area contributed by atoms with E-state index in [1.807, 2.05) is 47.5 Å². The Morgan fingerprint density at radius 1 is 0.929 bits per heavy atom. The van der Waals surface area contributed by atoms with Gasteiger partial charge in [0.15, 0.2) is 5.75 Å². The van der Waals surface area contributed by atoms with Crippen LogP contribution >= 0.6 is 0 Å². The summed E-state index contributed by atoms with van der Waals surface area (Å²) in [5.74, 6) is 1.89. The van der Waals surface area contributed by atoms with Gasteiger partial charge in [-0.3, -0.25) is 0 Å². The second-order valence-corrected chi connectivity index (χ2v) is 7.08. The Bertz CT molecular complexity index is 1060. The summed E-state index contributed by atoms with van der Waals surface area (Å²) in [4.78, 5) is 9.32. The Kier molecular flexibility index (Phi) is 4.47. The third-order valence-corrected chi connectivity index (χ3v) is 5.16. The van der Waals surface area contributed by atoms with Gasteiger partial charge in [-0.15, -0.1) is 5.06 Å². The lowest BCUT2D eigenvalue weighted by molar-refractivity contribution is -0.0412. The quantitative estimate of drug-likeness (QED) is 0.513. The minimum absolute atomic E-state index is 0.565. The van der Waals surface area contributed by atoms with Crippen molar-refractivity contribution >= 4 is 10.9 Å². The average molecular weight is 370 g/mol. The Hall–Kier alpha value is -3.24. The number of hydroxylamine groups is 2. The van der Waals surface area contributed by atoms with Crippen LogP contribution in [0.1, 0.15) is 16.7 Å². The Morgan fingerprint density at radius 2 is 1.79 bits per heavy atom. The van der Waals surface area contributed by atoms with Crippen LogP contribution in [0.4, 0.5) is 0 Å². The number of hydrogen-bond donors (Lipinski definition) is 1. The molecule has 5 rings (SSSR count). The van der Waals surface area contributed by atoms with Crippen LogP contribution in [-0.2, 0) is 19.6 Å². The number of aromatic amines is 1. The van der Waals surface area contributed by atoms with Crippen LogP contribution in [0.3, 0.4) is 0 Å². The Balaban J connectivity index is 1.31. The van der Waals surface area contributed by atoms with E-state index < -0.39 is 0 Å². The van der Waals surface area contributed by atoms with Crippen molar-refractivity contribution in [2.75, 3.05) is 6.54 Å². The summed E-state index contributed by atoms with van der Waals surface area (Å²) in [6, 6.07) is 24.6. The fourth-order valence-corrected chi connectivity index (χ4v) is 3.73. The zero-order valence-corrected chi connectivity index (χ0v) is 15.6. The molecule has 0 spiro atoms. The predicted octanol–water partition coefficient (Wildman–Crippen LogP) is 5.10. The first-order chi connectivity index (χ1) is 13.9. The summed E-state index contributed by atoms with van der Waals surface area (Å²) in [5.41, 5.74) is 4.76. The van der Waals surface area contributed by atoms with Gasteiger partial charge in [0.1, 0.15) is 12.4 Å². The zero-order chi connectivity index (χ0) is 18.8. The zero-order valence-electron chi connectivity index (χ0n) is 15.6. The SMILES string of the molecule is c1ccc(COc2cccc3[nH]cc(CCN4Cc5ccccc5O4)c23)cc1.